The van der Waals surface area contributed by atoms with E-state index in [1.807, 2.05) is 12.3 Å². The maximum absolute atomic E-state index is 10.5. The van der Waals surface area contributed by atoms with Gasteiger partial charge in [0.05, 0.1) is 11.9 Å². The molecule has 14 heavy (non-hydrogen) atoms. The third kappa shape index (κ3) is 1.49. The zero-order valence-corrected chi connectivity index (χ0v) is 8.02. The number of nitrogens with zero attached hydrogens (tertiary/aromatic N) is 4. The molecule has 2 heterocycles. The Morgan fingerprint density at radius 2 is 2.43 bits per heavy atom. The summed E-state index contributed by atoms with van der Waals surface area (Å²) in [6.45, 7) is 1.86. The highest BCUT2D eigenvalue weighted by Gasteiger charge is 2.10. The molecule has 0 aromatic carbocycles. The molecule has 0 aliphatic heterocycles. The number of rotatable bonds is 2. The molecule has 0 spiro atoms. The van der Waals surface area contributed by atoms with Crippen LogP contribution in [0.25, 0.3) is 5.13 Å². The summed E-state index contributed by atoms with van der Waals surface area (Å²) in [5.41, 5.74) is 0.787. The summed E-state index contributed by atoms with van der Waals surface area (Å²) in [7, 11) is 0. The molecule has 0 radical (unpaired) electrons. The van der Waals surface area contributed by atoms with E-state index in [1.165, 1.54) is 22.2 Å². The highest BCUT2D eigenvalue weighted by molar-refractivity contribution is 7.12. The Morgan fingerprint density at radius 1 is 1.64 bits per heavy atom. The first-order valence-corrected chi connectivity index (χ1v) is 4.63. The van der Waals surface area contributed by atoms with Gasteiger partial charge in [-0.2, -0.15) is 4.68 Å². The van der Waals surface area contributed by atoms with Crippen molar-refractivity contribution in [2.24, 2.45) is 0 Å². The largest absolute Gasteiger partial charge is 0.476 e. The fourth-order valence-electron chi connectivity index (χ4n) is 0.902. The van der Waals surface area contributed by atoms with Gasteiger partial charge in [0.15, 0.2) is 5.69 Å². The molecule has 7 heteroatoms. The van der Waals surface area contributed by atoms with Gasteiger partial charge in [-0.25, -0.2) is 9.78 Å². The molecular weight excluding hydrogens is 204 g/mol. The second kappa shape index (κ2) is 3.18. The third-order valence-corrected chi connectivity index (χ3v) is 2.46. The minimum Gasteiger partial charge on any atom is -0.476 e. The summed E-state index contributed by atoms with van der Waals surface area (Å²) in [6, 6.07) is 0. The summed E-state index contributed by atoms with van der Waals surface area (Å²) < 4.78 is 1.35. The van der Waals surface area contributed by atoms with E-state index >= 15 is 0 Å². The zero-order chi connectivity index (χ0) is 10.1. The van der Waals surface area contributed by atoms with Crippen LogP contribution in [0.1, 0.15) is 16.2 Å². The average molecular weight is 210 g/mol. The monoisotopic (exact) mass is 210 g/mol. The number of thiazole rings is 1. The van der Waals surface area contributed by atoms with Crippen LogP contribution in [0.5, 0.6) is 0 Å². The lowest BCUT2D eigenvalue weighted by molar-refractivity contribution is 0.0690. The van der Waals surface area contributed by atoms with Crippen molar-refractivity contribution in [3.05, 3.63) is 23.0 Å². The van der Waals surface area contributed by atoms with Gasteiger partial charge in [-0.3, -0.25) is 0 Å². The van der Waals surface area contributed by atoms with Crippen molar-refractivity contribution in [1.29, 1.82) is 0 Å². The van der Waals surface area contributed by atoms with Gasteiger partial charge in [0.1, 0.15) is 0 Å². The number of hydrogen-bond acceptors (Lipinski definition) is 5. The molecule has 0 fully saturated rings. The molecule has 0 aliphatic carbocycles. The van der Waals surface area contributed by atoms with E-state index < -0.39 is 5.97 Å². The fourth-order valence-corrected chi connectivity index (χ4v) is 1.62. The number of aromatic carboxylic acids is 1. The van der Waals surface area contributed by atoms with E-state index in [0.717, 1.165) is 5.69 Å². The van der Waals surface area contributed by atoms with Gasteiger partial charge < -0.3 is 5.11 Å². The normalized spacial score (nSPS) is 10.4. The van der Waals surface area contributed by atoms with E-state index in [9.17, 15) is 4.79 Å². The van der Waals surface area contributed by atoms with E-state index in [4.69, 9.17) is 5.11 Å². The van der Waals surface area contributed by atoms with Crippen molar-refractivity contribution in [2.75, 3.05) is 0 Å². The number of carboxylic acids is 1. The summed E-state index contributed by atoms with van der Waals surface area (Å²) in [5, 5.41) is 18.2. The predicted octanol–water partition coefficient (Wildman–Crippen LogP) is 0.730. The van der Waals surface area contributed by atoms with Gasteiger partial charge >= 0.3 is 5.97 Å². The van der Waals surface area contributed by atoms with Crippen LogP contribution >= 0.6 is 11.3 Å². The van der Waals surface area contributed by atoms with Crippen LogP contribution < -0.4 is 0 Å². The highest BCUT2D eigenvalue weighted by atomic mass is 32.1. The maximum Gasteiger partial charge on any atom is 0.358 e. The van der Waals surface area contributed by atoms with Gasteiger partial charge in [-0.15, -0.1) is 16.4 Å². The number of carboxylic acid groups (broad SMARTS) is 1. The van der Waals surface area contributed by atoms with Crippen LogP contribution in [0.2, 0.25) is 0 Å². The Labute approximate surface area is 82.8 Å². The molecule has 72 valence electrons. The van der Waals surface area contributed by atoms with Crippen molar-refractivity contribution in [3.63, 3.8) is 0 Å². The molecule has 2 aromatic heterocycles. The molecule has 0 bridgehead atoms. The lowest BCUT2D eigenvalue weighted by Crippen LogP contribution is -1.95. The Hall–Kier alpha value is -1.76. The van der Waals surface area contributed by atoms with Gasteiger partial charge in [0, 0.05) is 5.38 Å². The SMILES string of the molecule is Cc1csc(-n2cc(C(=O)O)nn2)n1. The molecule has 0 saturated carbocycles. The summed E-state index contributed by atoms with van der Waals surface area (Å²) in [5.74, 6) is -1.09. The minimum absolute atomic E-state index is 0.0853. The van der Waals surface area contributed by atoms with E-state index in [0.29, 0.717) is 5.13 Å². The first kappa shape index (κ1) is 8.82. The lowest BCUT2D eigenvalue weighted by atomic mass is 10.5. The molecule has 0 aliphatic rings. The first-order chi connectivity index (χ1) is 6.66. The predicted molar refractivity (Wildman–Crippen MR) is 48.7 cm³/mol. The summed E-state index contributed by atoms with van der Waals surface area (Å²) >= 11 is 1.38. The quantitative estimate of drug-likeness (QED) is 0.790. The van der Waals surface area contributed by atoms with E-state index in [1.54, 1.807) is 0 Å². The van der Waals surface area contributed by atoms with Crippen LogP contribution in [0.3, 0.4) is 0 Å². The first-order valence-electron chi connectivity index (χ1n) is 3.75. The fraction of sp³-hybridized carbons (Fsp3) is 0.143. The number of aromatic nitrogens is 4. The number of aryl methyl sites for hydroxylation is 1. The molecule has 0 unspecified atom stereocenters. The van der Waals surface area contributed by atoms with E-state index in [2.05, 4.69) is 15.3 Å². The molecule has 2 aromatic rings. The molecule has 6 nitrogen and oxygen atoms in total. The number of carbonyl (C=O) groups is 1. The zero-order valence-electron chi connectivity index (χ0n) is 7.21. The van der Waals surface area contributed by atoms with Crippen LogP contribution in [0.4, 0.5) is 0 Å². The van der Waals surface area contributed by atoms with Crippen LogP contribution in [-0.2, 0) is 0 Å². The second-order valence-corrected chi connectivity index (χ2v) is 3.46. The van der Waals surface area contributed by atoms with Crippen molar-refractivity contribution >= 4 is 17.3 Å². The molecule has 0 atom stereocenters. The Balaban J connectivity index is 2.38. The maximum atomic E-state index is 10.5. The van der Waals surface area contributed by atoms with Crippen molar-refractivity contribution < 1.29 is 9.90 Å². The summed E-state index contributed by atoms with van der Waals surface area (Å²) in [4.78, 5) is 14.7. The van der Waals surface area contributed by atoms with Crippen LogP contribution in [0, 0.1) is 6.92 Å². The average Bonchev–Trinajstić information content (AvgIpc) is 2.70. The standard InChI is InChI=1S/C7H6N4O2S/c1-4-3-14-7(8-4)11-2-5(6(12)13)9-10-11/h2-3H,1H3,(H,12,13). The van der Waals surface area contributed by atoms with Gasteiger partial charge in [0.25, 0.3) is 0 Å². The molecule has 2 rings (SSSR count). The van der Waals surface area contributed by atoms with Gasteiger partial charge in [-0.05, 0) is 6.92 Å². The Kier molecular flexibility index (Phi) is 2.01. The van der Waals surface area contributed by atoms with Crippen molar-refractivity contribution in [2.45, 2.75) is 6.92 Å². The van der Waals surface area contributed by atoms with E-state index in [-0.39, 0.29) is 5.69 Å². The van der Waals surface area contributed by atoms with Gasteiger partial charge in [0.2, 0.25) is 5.13 Å². The second-order valence-electron chi connectivity index (χ2n) is 2.62. The van der Waals surface area contributed by atoms with Crippen LogP contribution in [-0.4, -0.2) is 31.1 Å². The summed E-state index contributed by atoms with van der Waals surface area (Å²) in [6.07, 6.45) is 1.33. The lowest BCUT2D eigenvalue weighted by Gasteiger charge is -1.89. The Morgan fingerprint density at radius 3 is 2.93 bits per heavy atom. The van der Waals surface area contributed by atoms with Crippen LogP contribution in [0.15, 0.2) is 11.6 Å². The molecule has 1 N–H and O–H groups in total. The molecular formula is C7H6N4O2S. The van der Waals surface area contributed by atoms with Crippen molar-refractivity contribution in [3.8, 4) is 5.13 Å². The Bertz CT molecular complexity index is 475. The van der Waals surface area contributed by atoms with Gasteiger partial charge in [-0.1, -0.05) is 5.21 Å². The third-order valence-electron chi connectivity index (χ3n) is 1.52. The number of hydrogen-bond donors (Lipinski definition) is 1. The highest BCUT2D eigenvalue weighted by Crippen LogP contribution is 2.12. The smallest absolute Gasteiger partial charge is 0.358 e. The topological polar surface area (TPSA) is 80.9 Å². The molecule has 0 amide bonds. The molecule has 0 saturated heterocycles. The van der Waals surface area contributed by atoms with Crippen molar-refractivity contribution in [1.82, 2.24) is 20.0 Å². The minimum atomic E-state index is -1.09.